The maximum Gasteiger partial charge on any atom is 0.230 e. The molecule has 1 heterocycles. The molecule has 0 amide bonds. The van der Waals surface area contributed by atoms with Crippen molar-refractivity contribution >= 4 is 0 Å². The maximum atomic E-state index is 6.45. The summed E-state index contributed by atoms with van der Waals surface area (Å²) in [4.78, 5) is 4.72. The Morgan fingerprint density at radius 1 is 1.14 bits per heavy atom. The van der Waals surface area contributed by atoms with E-state index in [-0.39, 0.29) is 11.0 Å². The summed E-state index contributed by atoms with van der Waals surface area (Å²) in [6.45, 7) is 0. The van der Waals surface area contributed by atoms with Gasteiger partial charge in [0, 0.05) is 11.3 Å². The zero-order valence-electron chi connectivity index (χ0n) is 12.7. The van der Waals surface area contributed by atoms with Gasteiger partial charge in [-0.3, -0.25) is 0 Å². The summed E-state index contributed by atoms with van der Waals surface area (Å²) in [6.07, 6.45) is 7.82. The van der Waals surface area contributed by atoms with Gasteiger partial charge in [0.05, 0.1) is 5.54 Å². The van der Waals surface area contributed by atoms with Crippen LogP contribution in [-0.2, 0) is 17.4 Å². The molecule has 0 saturated heterocycles. The Morgan fingerprint density at radius 3 is 2.82 bits per heavy atom. The molecule has 3 aliphatic rings. The minimum absolute atomic E-state index is 0.262. The first-order valence-electron chi connectivity index (χ1n) is 8.43. The summed E-state index contributed by atoms with van der Waals surface area (Å²) >= 11 is 0. The third-order valence-corrected chi connectivity index (χ3v) is 6.15. The molecular weight excluding hydrogens is 274 g/mol. The Morgan fingerprint density at radius 2 is 1.95 bits per heavy atom. The summed E-state index contributed by atoms with van der Waals surface area (Å²) in [5.41, 5.74) is 9.36. The molecule has 0 bridgehead atoms. The topological polar surface area (TPSA) is 64.9 Å². The van der Waals surface area contributed by atoms with Crippen LogP contribution in [0.2, 0.25) is 0 Å². The predicted octanol–water partition coefficient (Wildman–Crippen LogP) is 3.17. The zero-order chi connectivity index (χ0) is 14.8. The highest BCUT2D eigenvalue weighted by atomic mass is 16.5. The number of rotatable bonds is 2. The van der Waals surface area contributed by atoms with E-state index < -0.39 is 0 Å². The van der Waals surface area contributed by atoms with Gasteiger partial charge in [0.15, 0.2) is 5.82 Å². The minimum atomic E-state index is -0.350. The molecule has 0 radical (unpaired) electrons. The van der Waals surface area contributed by atoms with E-state index in [1.165, 1.54) is 36.8 Å². The standard InChI is InChI=1S/C18H21N3O/c19-18(8-3-4-9-18)16-20-15(22-21-16)14-11-17(14)10-7-12-5-1-2-6-13(12)17/h1-2,5-6,14H,3-4,7-11,19H2. The summed E-state index contributed by atoms with van der Waals surface area (Å²) in [5.74, 6) is 1.93. The number of hydrogen-bond donors (Lipinski definition) is 1. The van der Waals surface area contributed by atoms with Gasteiger partial charge in [-0.1, -0.05) is 42.3 Å². The van der Waals surface area contributed by atoms with Crippen LogP contribution in [0.3, 0.4) is 0 Å². The second-order valence-corrected chi connectivity index (χ2v) is 7.39. The summed E-state index contributed by atoms with van der Waals surface area (Å²) < 4.78 is 5.63. The van der Waals surface area contributed by atoms with Crippen LogP contribution in [0.25, 0.3) is 0 Å². The van der Waals surface area contributed by atoms with E-state index in [2.05, 4.69) is 29.4 Å². The van der Waals surface area contributed by atoms with Crippen LogP contribution in [-0.4, -0.2) is 10.1 Å². The van der Waals surface area contributed by atoms with Crippen molar-refractivity contribution in [1.82, 2.24) is 10.1 Å². The first kappa shape index (κ1) is 12.8. The molecule has 4 nitrogen and oxygen atoms in total. The van der Waals surface area contributed by atoms with E-state index in [4.69, 9.17) is 15.2 Å². The van der Waals surface area contributed by atoms with Crippen LogP contribution >= 0.6 is 0 Å². The molecular formula is C18H21N3O. The van der Waals surface area contributed by atoms with Gasteiger partial charge in [-0.25, -0.2) is 0 Å². The monoisotopic (exact) mass is 295 g/mol. The van der Waals surface area contributed by atoms with Crippen LogP contribution in [0.4, 0.5) is 0 Å². The summed E-state index contributed by atoms with van der Waals surface area (Å²) in [7, 11) is 0. The SMILES string of the molecule is NC1(c2noc(C3CC34CCc3ccccc34)n2)CCCC1. The molecule has 1 aromatic carbocycles. The number of aryl methyl sites for hydroxylation is 1. The number of nitrogens with zero attached hydrogens (tertiary/aromatic N) is 2. The van der Waals surface area contributed by atoms with E-state index in [1.54, 1.807) is 0 Å². The predicted molar refractivity (Wildman–Crippen MR) is 82.4 cm³/mol. The fourth-order valence-corrected chi connectivity index (χ4v) is 4.73. The second kappa shape index (κ2) is 4.19. The van der Waals surface area contributed by atoms with E-state index in [1.807, 2.05) is 0 Å². The Balaban J connectivity index is 1.46. The Hall–Kier alpha value is -1.68. The van der Waals surface area contributed by atoms with Crippen LogP contribution in [0.1, 0.15) is 67.3 Å². The molecule has 2 atom stereocenters. The number of nitrogens with two attached hydrogens (primary N) is 1. The lowest BCUT2D eigenvalue weighted by molar-refractivity contribution is 0.345. The summed E-state index contributed by atoms with van der Waals surface area (Å²) in [6, 6.07) is 8.82. The Kier molecular flexibility index (Phi) is 2.44. The third-order valence-electron chi connectivity index (χ3n) is 6.15. The van der Waals surface area contributed by atoms with Gasteiger partial charge in [-0.2, -0.15) is 4.98 Å². The van der Waals surface area contributed by atoms with Gasteiger partial charge in [0.25, 0.3) is 0 Å². The lowest BCUT2D eigenvalue weighted by Crippen LogP contribution is -2.34. The molecule has 3 aliphatic carbocycles. The van der Waals surface area contributed by atoms with Crippen molar-refractivity contribution < 1.29 is 4.52 Å². The molecule has 1 aromatic heterocycles. The van der Waals surface area contributed by atoms with Gasteiger partial charge in [0.1, 0.15) is 0 Å². The van der Waals surface area contributed by atoms with Gasteiger partial charge >= 0.3 is 0 Å². The van der Waals surface area contributed by atoms with E-state index in [9.17, 15) is 0 Å². The highest BCUT2D eigenvalue weighted by molar-refractivity contribution is 5.48. The van der Waals surface area contributed by atoms with Crippen molar-refractivity contribution in [2.45, 2.75) is 61.8 Å². The highest BCUT2D eigenvalue weighted by Crippen LogP contribution is 2.66. The fraction of sp³-hybridized carbons (Fsp3) is 0.556. The van der Waals surface area contributed by atoms with Gasteiger partial charge in [-0.05, 0) is 43.2 Å². The van der Waals surface area contributed by atoms with Crippen molar-refractivity contribution in [3.8, 4) is 0 Å². The van der Waals surface area contributed by atoms with Gasteiger partial charge in [-0.15, -0.1) is 0 Å². The van der Waals surface area contributed by atoms with Crippen molar-refractivity contribution in [2.75, 3.05) is 0 Å². The quantitative estimate of drug-likeness (QED) is 0.924. The number of benzene rings is 1. The van der Waals surface area contributed by atoms with Crippen LogP contribution in [0, 0.1) is 0 Å². The van der Waals surface area contributed by atoms with Crippen molar-refractivity contribution in [2.24, 2.45) is 5.73 Å². The van der Waals surface area contributed by atoms with Crippen LogP contribution < -0.4 is 5.73 Å². The smallest absolute Gasteiger partial charge is 0.230 e. The zero-order valence-corrected chi connectivity index (χ0v) is 12.7. The number of hydrogen-bond acceptors (Lipinski definition) is 4. The second-order valence-electron chi connectivity index (χ2n) is 7.39. The minimum Gasteiger partial charge on any atom is -0.339 e. The van der Waals surface area contributed by atoms with Crippen LogP contribution in [0.5, 0.6) is 0 Å². The largest absolute Gasteiger partial charge is 0.339 e. The third kappa shape index (κ3) is 1.62. The van der Waals surface area contributed by atoms with Crippen molar-refractivity contribution in [3.63, 3.8) is 0 Å². The number of aromatic nitrogens is 2. The first-order chi connectivity index (χ1) is 10.7. The molecule has 114 valence electrons. The lowest BCUT2D eigenvalue weighted by Gasteiger charge is -2.17. The molecule has 2 unspecified atom stereocenters. The normalized spacial score (nSPS) is 31.6. The molecule has 5 rings (SSSR count). The fourth-order valence-electron chi connectivity index (χ4n) is 4.73. The van der Waals surface area contributed by atoms with E-state index in [0.29, 0.717) is 5.92 Å². The van der Waals surface area contributed by atoms with Gasteiger partial charge in [0.2, 0.25) is 5.89 Å². The molecule has 0 aliphatic heterocycles. The van der Waals surface area contributed by atoms with E-state index >= 15 is 0 Å². The molecule has 2 saturated carbocycles. The molecule has 4 heteroatoms. The molecule has 2 fully saturated rings. The number of fused-ring (bicyclic) bond motifs is 2. The molecule has 1 spiro atoms. The molecule has 2 N–H and O–H groups in total. The maximum absolute atomic E-state index is 6.45. The van der Waals surface area contributed by atoms with E-state index in [0.717, 1.165) is 31.0 Å². The van der Waals surface area contributed by atoms with Crippen molar-refractivity contribution in [3.05, 3.63) is 47.1 Å². The Labute approximate surface area is 130 Å². The highest BCUT2D eigenvalue weighted by Gasteiger charge is 2.61. The average molecular weight is 295 g/mol. The summed E-state index contributed by atoms with van der Waals surface area (Å²) in [5, 5.41) is 4.23. The molecule has 2 aromatic rings. The lowest BCUT2D eigenvalue weighted by atomic mass is 9.95. The molecule has 22 heavy (non-hydrogen) atoms. The first-order valence-corrected chi connectivity index (χ1v) is 8.43. The van der Waals surface area contributed by atoms with Crippen molar-refractivity contribution in [1.29, 1.82) is 0 Å². The Bertz CT molecular complexity index is 731. The van der Waals surface area contributed by atoms with Gasteiger partial charge < -0.3 is 10.3 Å². The average Bonchev–Trinajstić information content (AvgIpc) is 2.95. The van der Waals surface area contributed by atoms with Crippen LogP contribution in [0.15, 0.2) is 28.8 Å².